The van der Waals surface area contributed by atoms with Crippen LogP contribution in [0.5, 0.6) is 0 Å². The number of anilines is 1. The van der Waals surface area contributed by atoms with Gasteiger partial charge < -0.3 is 4.90 Å². The molecule has 8 nitrogen and oxygen atoms in total. The van der Waals surface area contributed by atoms with Crippen LogP contribution in [0.15, 0.2) is 43.0 Å². The van der Waals surface area contributed by atoms with Crippen LogP contribution in [0.1, 0.15) is 10.4 Å². The minimum absolute atomic E-state index is 0.233. The molecule has 1 aromatic carbocycles. The van der Waals surface area contributed by atoms with E-state index in [4.69, 9.17) is 0 Å². The van der Waals surface area contributed by atoms with E-state index in [1.54, 1.807) is 34.0 Å². The van der Waals surface area contributed by atoms with Gasteiger partial charge in [0.1, 0.15) is 6.33 Å². The van der Waals surface area contributed by atoms with E-state index in [1.807, 2.05) is 39.5 Å². The number of aromatic nitrogens is 5. The van der Waals surface area contributed by atoms with Gasteiger partial charge in [0.25, 0.3) is 5.91 Å². The smallest absolute Gasteiger partial charge is 0.258 e. The quantitative estimate of drug-likeness (QED) is 0.736. The Balaban J connectivity index is 1.63. The average molecular weight is 339 g/mol. The lowest BCUT2D eigenvalue weighted by molar-refractivity contribution is 0.102. The van der Waals surface area contributed by atoms with Crippen molar-refractivity contribution in [1.82, 2.24) is 29.4 Å². The zero-order valence-electron chi connectivity index (χ0n) is 14.5. The lowest BCUT2D eigenvalue weighted by atomic mass is 10.1. The number of rotatable bonds is 6. The van der Waals surface area contributed by atoms with Gasteiger partial charge in [-0.25, -0.2) is 9.67 Å². The first kappa shape index (κ1) is 16.8. The summed E-state index contributed by atoms with van der Waals surface area (Å²) in [5.74, 6) is 0.0724. The molecule has 25 heavy (non-hydrogen) atoms. The SMILES string of the molecule is CN(C)CCn1cnc(NC(=O)c2ccc(-c3cnn(C)c3)cc2)n1. The summed E-state index contributed by atoms with van der Waals surface area (Å²) in [4.78, 5) is 18.5. The maximum Gasteiger partial charge on any atom is 0.258 e. The number of nitrogens with one attached hydrogen (secondary N) is 1. The molecule has 1 amide bonds. The number of amides is 1. The van der Waals surface area contributed by atoms with E-state index in [2.05, 4.69) is 25.4 Å². The van der Waals surface area contributed by atoms with Gasteiger partial charge in [0.05, 0.1) is 12.7 Å². The molecule has 0 saturated heterocycles. The topological polar surface area (TPSA) is 80.9 Å². The fourth-order valence-corrected chi connectivity index (χ4v) is 2.32. The van der Waals surface area contributed by atoms with Crippen molar-refractivity contribution in [1.29, 1.82) is 0 Å². The Kier molecular flexibility index (Phi) is 4.90. The molecule has 0 aliphatic carbocycles. The predicted octanol–water partition coefficient (Wildman–Crippen LogP) is 1.49. The Hall–Kier alpha value is -3.00. The van der Waals surface area contributed by atoms with Gasteiger partial charge in [0.2, 0.25) is 5.95 Å². The van der Waals surface area contributed by atoms with Crippen LogP contribution < -0.4 is 5.32 Å². The molecule has 0 spiro atoms. The molecule has 0 radical (unpaired) electrons. The van der Waals surface area contributed by atoms with E-state index < -0.39 is 0 Å². The van der Waals surface area contributed by atoms with E-state index in [0.29, 0.717) is 11.5 Å². The van der Waals surface area contributed by atoms with Crippen molar-refractivity contribution in [3.8, 4) is 11.1 Å². The van der Waals surface area contributed by atoms with Crippen molar-refractivity contribution in [2.75, 3.05) is 26.0 Å². The minimum Gasteiger partial charge on any atom is -0.308 e. The Morgan fingerprint density at radius 2 is 1.96 bits per heavy atom. The molecule has 2 heterocycles. The molecule has 2 aromatic heterocycles. The van der Waals surface area contributed by atoms with Crippen LogP contribution in [-0.2, 0) is 13.6 Å². The van der Waals surface area contributed by atoms with Crippen LogP contribution in [0.4, 0.5) is 5.95 Å². The maximum atomic E-state index is 12.3. The summed E-state index contributed by atoms with van der Waals surface area (Å²) in [6, 6.07) is 7.35. The van der Waals surface area contributed by atoms with Gasteiger partial charge in [-0.1, -0.05) is 12.1 Å². The van der Waals surface area contributed by atoms with Gasteiger partial charge in [-0.05, 0) is 31.8 Å². The number of likely N-dealkylation sites (N-methyl/N-ethyl adjacent to an activating group) is 1. The zero-order valence-corrected chi connectivity index (χ0v) is 14.5. The summed E-state index contributed by atoms with van der Waals surface area (Å²) in [5.41, 5.74) is 2.57. The minimum atomic E-state index is -0.233. The first-order chi connectivity index (χ1) is 12.0. The van der Waals surface area contributed by atoms with E-state index in [9.17, 15) is 4.79 Å². The predicted molar refractivity (Wildman–Crippen MR) is 95.2 cm³/mol. The number of hydrogen-bond acceptors (Lipinski definition) is 5. The van der Waals surface area contributed by atoms with Crippen LogP contribution in [-0.4, -0.2) is 56.0 Å². The molecule has 8 heteroatoms. The molecule has 1 N–H and O–H groups in total. The Morgan fingerprint density at radius 3 is 2.60 bits per heavy atom. The standard InChI is InChI=1S/C17H21N7O/c1-22(2)8-9-24-12-18-17(21-24)20-16(25)14-6-4-13(5-7-14)15-10-19-23(3)11-15/h4-7,10-12H,8-9H2,1-3H3,(H,20,21,25). The van der Waals surface area contributed by atoms with Crippen molar-refractivity contribution in [2.24, 2.45) is 7.05 Å². The molecule has 0 unspecified atom stereocenters. The summed E-state index contributed by atoms with van der Waals surface area (Å²) in [6.45, 7) is 1.57. The fraction of sp³-hybridized carbons (Fsp3) is 0.294. The third-order valence-electron chi connectivity index (χ3n) is 3.72. The Morgan fingerprint density at radius 1 is 1.20 bits per heavy atom. The number of benzene rings is 1. The average Bonchev–Trinajstić information content (AvgIpc) is 3.22. The first-order valence-electron chi connectivity index (χ1n) is 7.96. The van der Waals surface area contributed by atoms with Crippen molar-refractivity contribution < 1.29 is 4.79 Å². The van der Waals surface area contributed by atoms with Gasteiger partial charge in [-0.2, -0.15) is 5.10 Å². The number of nitrogens with zero attached hydrogens (tertiary/aromatic N) is 6. The van der Waals surface area contributed by atoms with Crippen molar-refractivity contribution in [3.63, 3.8) is 0 Å². The molecule has 3 aromatic rings. The van der Waals surface area contributed by atoms with Crippen LogP contribution in [0.25, 0.3) is 11.1 Å². The summed E-state index contributed by atoms with van der Waals surface area (Å²) in [6.07, 6.45) is 5.34. The van der Waals surface area contributed by atoms with Crippen LogP contribution in [0, 0.1) is 0 Å². The summed E-state index contributed by atoms with van der Waals surface area (Å²) < 4.78 is 3.45. The highest BCUT2D eigenvalue weighted by Crippen LogP contribution is 2.19. The first-order valence-corrected chi connectivity index (χ1v) is 7.96. The summed E-state index contributed by atoms with van der Waals surface area (Å²) in [5, 5.41) is 11.1. The highest BCUT2D eigenvalue weighted by molar-refractivity contribution is 6.03. The molecule has 3 rings (SSSR count). The largest absolute Gasteiger partial charge is 0.308 e. The summed E-state index contributed by atoms with van der Waals surface area (Å²) >= 11 is 0. The van der Waals surface area contributed by atoms with Gasteiger partial charge in [-0.15, -0.1) is 5.10 Å². The van der Waals surface area contributed by atoms with Gasteiger partial charge in [0, 0.05) is 30.9 Å². The molecule has 0 saturated carbocycles. The molecule has 0 aliphatic rings. The third kappa shape index (κ3) is 4.30. The second kappa shape index (κ2) is 7.27. The molecule has 0 atom stereocenters. The molecule has 0 bridgehead atoms. The number of carbonyl (C=O) groups excluding carboxylic acids is 1. The van der Waals surface area contributed by atoms with Gasteiger partial charge in [0.15, 0.2) is 0 Å². The van der Waals surface area contributed by atoms with E-state index >= 15 is 0 Å². The lowest BCUT2D eigenvalue weighted by Crippen LogP contribution is -2.19. The Labute approximate surface area is 146 Å². The highest BCUT2D eigenvalue weighted by Gasteiger charge is 2.10. The van der Waals surface area contributed by atoms with Gasteiger partial charge >= 0.3 is 0 Å². The van der Waals surface area contributed by atoms with E-state index in [0.717, 1.165) is 24.2 Å². The number of hydrogen-bond donors (Lipinski definition) is 1. The van der Waals surface area contributed by atoms with Crippen LogP contribution in [0.3, 0.4) is 0 Å². The monoisotopic (exact) mass is 339 g/mol. The highest BCUT2D eigenvalue weighted by atomic mass is 16.1. The van der Waals surface area contributed by atoms with E-state index in [1.165, 1.54) is 0 Å². The molecular formula is C17H21N7O. The summed E-state index contributed by atoms with van der Waals surface area (Å²) in [7, 11) is 5.86. The van der Waals surface area contributed by atoms with Crippen molar-refractivity contribution in [2.45, 2.75) is 6.54 Å². The number of aryl methyl sites for hydroxylation is 1. The third-order valence-corrected chi connectivity index (χ3v) is 3.72. The van der Waals surface area contributed by atoms with Crippen molar-refractivity contribution in [3.05, 3.63) is 48.5 Å². The normalized spacial score (nSPS) is 11.0. The van der Waals surface area contributed by atoms with E-state index in [-0.39, 0.29) is 5.91 Å². The molecule has 0 aliphatic heterocycles. The maximum absolute atomic E-state index is 12.3. The van der Waals surface area contributed by atoms with Crippen molar-refractivity contribution >= 4 is 11.9 Å². The Bertz CT molecular complexity index is 848. The van der Waals surface area contributed by atoms with Crippen LogP contribution in [0.2, 0.25) is 0 Å². The zero-order chi connectivity index (χ0) is 17.8. The van der Waals surface area contributed by atoms with Gasteiger partial charge in [-0.3, -0.25) is 14.8 Å². The molecule has 0 fully saturated rings. The lowest BCUT2D eigenvalue weighted by Gasteiger charge is -2.08. The molecule has 130 valence electrons. The second-order valence-corrected chi connectivity index (χ2v) is 6.07. The second-order valence-electron chi connectivity index (χ2n) is 6.07. The fourth-order valence-electron chi connectivity index (χ4n) is 2.32. The van der Waals surface area contributed by atoms with Crippen LogP contribution >= 0.6 is 0 Å². The molecular weight excluding hydrogens is 318 g/mol. The number of carbonyl (C=O) groups is 1.